The van der Waals surface area contributed by atoms with Gasteiger partial charge in [0.25, 0.3) is 5.91 Å². The minimum atomic E-state index is -0.387. The molecule has 36 heavy (non-hydrogen) atoms. The van der Waals surface area contributed by atoms with Gasteiger partial charge in [0.2, 0.25) is 0 Å². The number of thiocarbonyl (C=S) groups is 1. The standard InChI is InChI=1S/C28H26ClFN2O3S/c1-16(2)22-14-23(29)17(3)11-26(22)35-15-19-12-18(5-10-25(19)34-4)13-24-27(33)32(28(36)31-24)21-8-6-20(30)7-9-21/h5-14,16H,15H2,1-4H3,(H,31,36)/b24-13+. The predicted octanol–water partition coefficient (Wildman–Crippen LogP) is 6.76. The molecular weight excluding hydrogens is 499 g/mol. The number of carbonyl (C=O) groups excluding carboxylic acids is 1. The summed E-state index contributed by atoms with van der Waals surface area (Å²) in [4.78, 5) is 14.4. The summed E-state index contributed by atoms with van der Waals surface area (Å²) in [6.45, 7) is 6.39. The molecule has 4 rings (SSSR count). The van der Waals surface area contributed by atoms with E-state index in [1.165, 1.54) is 29.2 Å². The van der Waals surface area contributed by atoms with Gasteiger partial charge in [0, 0.05) is 10.6 Å². The van der Waals surface area contributed by atoms with E-state index in [0.29, 0.717) is 22.2 Å². The highest BCUT2D eigenvalue weighted by Crippen LogP contribution is 2.33. The van der Waals surface area contributed by atoms with Gasteiger partial charge in [-0.3, -0.25) is 9.69 Å². The van der Waals surface area contributed by atoms with Gasteiger partial charge in [0.15, 0.2) is 5.11 Å². The van der Waals surface area contributed by atoms with Crippen molar-refractivity contribution in [3.63, 3.8) is 0 Å². The Morgan fingerprint density at radius 3 is 2.50 bits per heavy atom. The normalized spacial score (nSPS) is 14.5. The summed E-state index contributed by atoms with van der Waals surface area (Å²) in [5, 5.41) is 3.89. The molecule has 0 bridgehead atoms. The molecule has 3 aromatic rings. The van der Waals surface area contributed by atoms with Gasteiger partial charge in [-0.25, -0.2) is 4.39 Å². The number of halogens is 2. The minimum absolute atomic E-state index is 0.231. The van der Waals surface area contributed by atoms with Gasteiger partial charge in [-0.05, 0) is 96.4 Å². The van der Waals surface area contributed by atoms with Crippen molar-refractivity contribution in [2.75, 3.05) is 12.0 Å². The molecule has 0 aromatic heterocycles. The number of benzene rings is 3. The van der Waals surface area contributed by atoms with E-state index in [-0.39, 0.29) is 29.4 Å². The zero-order valence-electron chi connectivity index (χ0n) is 20.4. The Bertz CT molecular complexity index is 1360. The fourth-order valence-corrected chi connectivity index (χ4v) is 4.40. The van der Waals surface area contributed by atoms with E-state index in [1.54, 1.807) is 13.2 Å². The predicted molar refractivity (Wildman–Crippen MR) is 145 cm³/mol. The van der Waals surface area contributed by atoms with Gasteiger partial charge in [-0.2, -0.15) is 0 Å². The third kappa shape index (κ3) is 5.37. The van der Waals surface area contributed by atoms with Crippen molar-refractivity contribution in [3.05, 3.63) is 93.4 Å². The topological polar surface area (TPSA) is 50.8 Å². The Labute approximate surface area is 220 Å². The number of amides is 1. The van der Waals surface area contributed by atoms with Crippen molar-refractivity contribution in [2.45, 2.75) is 33.3 Å². The van der Waals surface area contributed by atoms with Crippen molar-refractivity contribution >= 4 is 46.6 Å². The first-order valence-corrected chi connectivity index (χ1v) is 12.2. The monoisotopic (exact) mass is 524 g/mol. The number of hydrogen-bond donors (Lipinski definition) is 1. The first-order valence-electron chi connectivity index (χ1n) is 11.4. The van der Waals surface area contributed by atoms with E-state index in [9.17, 15) is 9.18 Å². The molecule has 8 heteroatoms. The number of anilines is 1. The molecule has 0 aliphatic carbocycles. The number of nitrogens with zero attached hydrogens (tertiary/aromatic N) is 1. The van der Waals surface area contributed by atoms with E-state index in [4.69, 9.17) is 33.3 Å². The summed E-state index contributed by atoms with van der Waals surface area (Å²) in [5.74, 6) is 0.970. The summed E-state index contributed by atoms with van der Waals surface area (Å²) in [6, 6.07) is 15.1. The number of carbonyl (C=O) groups is 1. The Balaban J connectivity index is 1.59. The molecule has 0 atom stereocenters. The van der Waals surface area contributed by atoms with Gasteiger partial charge in [0.1, 0.15) is 29.6 Å². The lowest BCUT2D eigenvalue weighted by molar-refractivity contribution is -0.113. The summed E-state index contributed by atoms with van der Waals surface area (Å²) >= 11 is 11.7. The Kier molecular flexibility index (Phi) is 7.62. The molecule has 0 unspecified atom stereocenters. The van der Waals surface area contributed by atoms with E-state index in [0.717, 1.165) is 28.0 Å². The molecule has 0 radical (unpaired) electrons. The maximum absolute atomic E-state index is 13.3. The summed E-state index contributed by atoms with van der Waals surface area (Å²) < 4.78 is 25.1. The number of methoxy groups -OCH3 is 1. The Morgan fingerprint density at radius 1 is 1.11 bits per heavy atom. The molecule has 1 N–H and O–H groups in total. The molecule has 5 nitrogen and oxygen atoms in total. The fourth-order valence-electron chi connectivity index (χ4n) is 3.93. The van der Waals surface area contributed by atoms with Crippen LogP contribution in [-0.2, 0) is 11.4 Å². The summed E-state index contributed by atoms with van der Waals surface area (Å²) in [7, 11) is 1.60. The van der Waals surface area contributed by atoms with E-state index in [2.05, 4.69) is 19.2 Å². The van der Waals surface area contributed by atoms with Gasteiger partial charge in [-0.1, -0.05) is 31.5 Å². The zero-order valence-corrected chi connectivity index (χ0v) is 22.0. The highest BCUT2D eigenvalue weighted by atomic mass is 35.5. The molecule has 186 valence electrons. The van der Waals surface area contributed by atoms with Crippen LogP contribution in [0.5, 0.6) is 11.5 Å². The Hall–Kier alpha value is -3.42. The minimum Gasteiger partial charge on any atom is -0.496 e. The molecular formula is C28H26ClFN2O3S. The van der Waals surface area contributed by atoms with Gasteiger partial charge in [-0.15, -0.1) is 0 Å². The molecule has 1 fully saturated rings. The second-order valence-corrected chi connectivity index (χ2v) is 9.55. The summed E-state index contributed by atoms with van der Waals surface area (Å²) in [6.07, 6.45) is 1.72. The smallest absolute Gasteiger partial charge is 0.281 e. The maximum atomic E-state index is 13.3. The van der Waals surface area contributed by atoms with Gasteiger partial charge < -0.3 is 14.8 Å². The van der Waals surface area contributed by atoms with Crippen LogP contribution in [0.3, 0.4) is 0 Å². The summed E-state index contributed by atoms with van der Waals surface area (Å²) in [5.41, 5.74) is 4.36. The quantitative estimate of drug-likeness (QED) is 0.273. The second kappa shape index (κ2) is 10.7. The molecule has 1 aliphatic rings. The highest BCUT2D eigenvalue weighted by molar-refractivity contribution is 7.80. The fraction of sp³-hybridized carbons (Fsp3) is 0.214. The van der Waals surface area contributed by atoms with Crippen LogP contribution in [0.2, 0.25) is 5.02 Å². The number of ether oxygens (including phenoxy) is 2. The third-order valence-corrected chi connectivity index (χ3v) is 6.57. The second-order valence-electron chi connectivity index (χ2n) is 8.76. The number of nitrogens with one attached hydrogen (secondary N) is 1. The molecule has 1 aliphatic heterocycles. The van der Waals surface area contributed by atoms with Crippen LogP contribution >= 0.6 is 23.8 Å². The zero-order chi connectivity index (χ0) is 26.0. The van der Waals surface area contributed by atoms with E-state index >= 15 is 0 Å². The van der Waals surface area contributed by atoms with Crippen LogP contribution in [0.1, 0.15) is 42.0 Å². The van der Waals surface area contributed by atoms with Crippen molar-refractivity contribution in [2.24, 2.45) is 0 Å². The number of rotatable bonds is 7. The van der Waals surface area contributed by atoms with Crippen LogP contribution in [0.4, 0.5) is 10.1 Å². The van der Waals surface area contributed by atoms with Crippen LogP contribution in [0, 0.1) is 12.7 Å². The van der Waals surface area contributed by atoms with Crippen LogP contribution in [0.25, 0.3) is 6.08 Å². The van der Waals surface area contributed by atoms with Crippen molar-refractivity contribution < 1.29 is 18.7 Å². The molecule has 0 saturated carbocycles. The van der Waals surface area contributed by atoms with Crippen molar-refractivity contribution in [1.29, 1.82) is 0 Å². The highest BCUT2D eigenvalue weighted by Gasteiger charge is 2.32. The number of hydrogen-bond acceptors (Lipinski definition) is 4. The van der Waals surface area contributed by atoms with Crippen LogP contribution in [-0.4, -0.2) is 18.1 Å². The van der Waals surface area contributed by atoms with Crippen LogP contribution in [0.15, 0.2) is 60.3 Å². The number of aryl methyl sites for hydroxylation is 1. The lowest BCUT2D eigenvalue weighted by atomic mass is 10.0. The van der Waals surface area contributed by atoms with Crippen LogP contribution < -0.4 is 19.7 Å². The molecule has 1 amide bonds. The van der Waals surface area contributed by atoms with E-state index < -0.39 is 0 Å². The first-order chi connectivity index (χ1) is 17.2. The average Bonchev–Trinajstić information content (AvgIpc) is 3.12. The Morgan fingerprint density at radius 2 is 1.83 bits per heavy atom. The molecule has 1 saturated heterocycles. The average molecular weight is 525 g/mol. The lowest BCUT2D eigenvalue weighted by Gasteiger charge is -2.17. The molecule has 1 heterocycles. The van der Waals surface area contributed by atoms with Gasteiger partial charge >= 0.3 is 0 Å². The first kappa shape index (κ1) is 25.7. The lowest BCUT2D eigenvalue weighted by Crippen LogP contribution is -2.30. The largest absolute Gasteiger partial charge is 0.496 e. The molecule has 0 spiro atoms. The maximum Gasteiger partial charge on any atom is 0.281 e. The SMILES string of the molecule is COc1ccc(/C=C2/NC(=S)N(c3ccc(F)cc3)C2=O)cc1COc1cc(C)c(Cl)cc1C(C)C. The van der Waals surface area contributed by atoms with Crippen molar-refractivity contribution in [3.8, 4) is 11.5 Å². The molecule has 3 aromatic carbocycles. The van der Waals surface area contributed by atoms with E-state index in [1.807, 2.05) is 37.3 Å². The third-order valence-electron chi connectivity index (χ3n) is 5.87. The van der Waals surface area contributed by atoms with Gasteiger partial charge in [0.05, 0.1) is 12.8 Å². The van der Waals surface area contributed by atoms with Crippen molar-refractivity contribution in [1.82, 2.24) is 5.32 Å².